The second-order valence-electron chi connectivity index (χ2n) is 8.80. The number of aryl methyl sites for hydroxylation is 1. The first-order valence-corrected chi connectivity index (χ1v) is 11.3. The molecule has 0 unspecified atom stereocenters. The van der Waals surface area contributed by atoms with Crippen LogP contribution in [0.4, 0.5) is 0 Å². The van der Waals surface area contributed by atoms with Crippen LogP contribution in [-0.4, -0.2) is 26.2 Å². The van der Waals surface area contributed by atoms with Crippen LogP contribution in [0.1, 0.15) is 85.8 Å². The minimum absolute atomic E-state index is 0.0605. The molecule has 4 N–H and O–H groups in total. The fourth-order valence-electron chi connectivity index (χ4n) is 3.86. The van der Waals surface area contributed by atoms with Crippen molar-refractivity contribution in [2.75, 3.05) is 0 Å². The van der Waals surface area contributed by atoms with Gasteiger partial charge in [0.05, 0.1) is 5.56 Å². The van der Waals surface area contributed by atoms with Crippen molar-refractivity contribution in [2.24, 2.45) is 0 Å². The van der Waals surface area contributed by atoms with Crippen LogP contribution in [-0.2, 0) is 19.3 Å². The quantitative estimate of drug-likeness (QED) is 0.287. The van der Waals surface area contributed by atoms with Crippen LogP contribution in [0.15, 0.2) is 32.5 Å². The van der Waals surface area contributed by atoms with E-state index in [1.54, 1.807) is 13.8 Å². The molecule has 0 saturated carbocycles. The van der Waals surface area contributed by atoms with Gasteiger partial charge in [0, 0.05) is 29.5 Å². The number of ketones is 1. The molecule has 0 aliphatic rings. The highest BCUT2D eigenvalue weighted by Gasteiger charge is 2.27. The fraction of sp³-hybridized carbons (Fsp3) is 0.407. The zero-order valence-corrected chi connectivity index (χ0v) is 20.7. The van der Waals surface area contributed by atoms with Crippen molar-refractivity contribution in [2.45, 2.75) is 73.6 Å². The van der Waals surface area contributed by atoms with Gasteiger partial charge in [-0.2, -0.15) is 0 Å². The van der Waals surface area contributed by atoms with Gasteiger partial charge in [-0.1, -0.05) is 30.2 Å². The number of aromatic hydroxyl groups is 4. The van der Waals surface area contributed by atoms with Gasteiger partial charge < -0.3 is 24.8 Å². The van der Waals surface area contributed by atoms with Gasteiger partial charge >= 0.3 is 5.63 Å². The van der Waals surface area contributed by atoms with E-state index >= 15 is 0 Å². The number of hydrogen-bond donors (Lipinski definition) is 4. The summed E-state index contributed by atoms with van der Waals surface area (Å²) in [6.07, 6.45) is 5.73. The van der Waals surface area contributed by atoms with E-state index in [2.05, 4.69) is 6.08 Å². The first kappa shape index (κ1) is 26.8. The van der Waals surface area contributed by atoms with E-state index in [-0.39, 0.29) is 40.8 Å². The molecule has 7 heteroatoms. The monoisotopic (exact) mass is 470 g/mol. The van der Waals surface area contributed by atoms with E-state index in [0.29, 0.717) is 17.7 Å². The predicted molar refractivity (Wildman–Crippen MR) is 131 cm³/mol. The molecule has 7 nitrogen and oxygen atoms in total. The lowest BCUT2D eigenvalue weighted by Crippen LogP contribution is -2.12. The summed E-state index contributed by atoms with van der Waals surface area (Å²) in [4.78, 5) is 24.7. The van der Waals surface area contributed by atoms with Crippen LogP contribution in [0.25, 0.3) is 0 Å². The summed E-state index contributed by atoms with van der Waals surface area (Å²) in [6, 6.07) is 0. The molecule has 0 aliphatic heterocycles. The van der Waals surface area contributed by atoms with Gasteiger partial charge in [-0.3, -0.25) is 4.79 Å². The molecule has 0 atom stereocenters. The zero-order valence-electron chi connectivity index (χ0n) is 20.7. The molecule has 2 rings (SSSR count). The summed E-state index contributed by atoms with van der Waals surface area (Å²) in [7, 11) is 0. The third kappa shape index (κ3) is 5.71. The molecule has 0 bridgehead atoms. The van der Waals surface area contributed by atoms with Crippen molar-refractivity contribution in [1.82, 2.24) is 0 Å². The molecular formula is C27H34O7. The second-order valence-corrected chi connectivity index (χ2v) is 8.80. The molecule has 1 heterocycles. The Kier molecular flexibility index (Phi) is 8.74. The summed E-state index contributed by atoms with van der Waals surface area (Å²) in [6.45, 7) is 10.5. The van der Waals surface area contributed by atoms with Crippen molar-refractivity contribution in [3.05, 3.63) is 67.3 Å². The fourth-order valence-corrected chi connectivity index (χ4v) is 3.86. The van der Waals surface area contributed by atoms with E-state index in [4.69, 9.17) is 4.42 Å². The summed E-state index contributed by atoms with van der Waals surface area (Å²) >= 11 is 0. The number of rotatable bonds is 9. The summed E-state index contributed by atoms with van der Waals surface area (Å²) in [5, 5.41) is 42.9. The molecule has 0 amide bonds. The number of phenolic OH excluding ortho intramolecular Hbond substituents is 3. The molecule has 184 valence electrons. The second kappa shape index (κ2) is 11.1. The Morgan fingerprint density at radius 2 is 1.50 bits per heavy atom. The minimum atomic E-state index is -0.798. The molecule has 0 radical (unpaired) electrons. The van der Waals surface area contributed by atoms with Gasteiger partial charge in [0.2, 0.25) is 0 Å². The Labute approximate surface area is 199 Å². The van der Waals surface area contributed by atoms with Gasteiger partial charge in [0.15, 0.2) is 5.78 Å². The molecule has 0 spiro atoms. The average Bonchev–Trinajstić information content (AvgIpc) is 2.75. The van der Waals surface area contributed by atoms with E-state index in [9.17, 15) is 30.0 Å². The van der Waals surface area contributed by atoms with Crippen molar-refractivity contribution >= 4 is 5.78 Å². The van der Waals surface area contributed by atoms with E-state index in [1.807, 2.05) is 26.8 Å². The van der Waals surface area contributed by atoms with Crippen LogP contribution < -0.4 is 5.63 Å². The molecular weight excluding hydrogens is 436 g/mol. The van der Waals surface area contributed by atoms with Crippen LogP contribution in [0, 0.1) is 6.92 Å². The molecule has 0 aliphatic carbocycles. The minimum Gasteiger partial charge on any atom is -0.507 e. The molecule has 0 saturated heterocycles. The Balaban J connectivity index is 2.60. The first-order chi connectivity index (χ1) is 15.9. The average molecular weight is 471 g/mol. The van der Waals surface area contributed by atoms with Gasteiger partial charge in [0.25, 0.3) is 0 Å². The van der Waals surface area contributed by atoms with Crippen LogP contribution in [0.3, 0.4) is 0 Å². The van der Waals surface area contributed by atoms with Crippen molar-refractivity contribution < 1.29 is 29.6 Å². The van der Waals surface area contributed by atoms with Crippen molar-refractivity contribution in [3.8, 4) is 23.0 Å². The summed E-state index contributed by atoms with van der Waals surface area (Å²) in [5.74, 6) is -2.13. The summed E-state index contributed by atoms with van der Waals surface area (Å²) in [5.41, 5.74) is 1.26. The largest absolute Gasteiger partial charge is 0.507 e. The Bertz CT molecular complexity index is 1210. The van der Waals surface area contributed by atoms with Gasteiger partial charge in [-0.05, 0) is 53.9 Å². The van der Waals surface area contributed by atoms with Gasteiger partial charge in [0.1, 0.15) is 34.3 Å². The Morgan fingerprint density at radius 1 is 0.882 bits per heavy atom. The highest BCUT2D eigenvalue weighted by atomic mass is 16.4. The van der Waals surface area contributed by atoms with Gasteiger partial charge in [-0.25, -0.2) is 4.79 Å². The number of phenols is 3. The Hall–Kier alpha value is -3.48. The number of carbonyl (C=O) groups is 1. The summed E-state index contributed by atoms with van der Waals surface area (Å²) < 4.78 is 5.28. The molecule has 0 fully saturated rings. The third-order valence-corrected chi connectivity index (χ3v) is 5.91. The van der Waals surface area contributed by atoms with E-state index in [1.165, 1.54) is 12.5 Å². The predicted octanol–water partition coefficient (Wildman–Crippen LogP) is 5.36. The maximum absolute atomic E-state index is 12.5. The number of carbonyl (C=O) groups excluding carboxylic acids is 1. The van der Waals surface area contributed by atoms with Gasteiger partial charge in [-0.15, -0.1) is 0 Å². The standard InChI is InChI=1S/C27H34O7/c1-7-21-16(5)23(29)20(27(33)34-21)13-19-24(30)18(25(31)22(17(6)28)26(19)32)12-11-15(4)10-8-9-14(2)3/h9,11,29-32H,7-8,10,12-13H2,1-6H3/b15-11+. The van der Waals surface area contributed by atoms with Crippen LogP contribution in [0.5, 0.6) is 23.0 Å². The lowest BCUT2D eigenvalue weighted by molar-refractivity contribution is 0.101. The number of allylic oxidation sites excluding steroid dienone is 4. The molecule has 1 aromatic carbocycles. The topological polar surface area (TPSA) is 128 Å². The highest BCUT2D eigenvalue weighted by Crippen LogP contribution is 2.44. The van der Waals surface area contributed by atoms with Crippen LogP contribution in [0.2, 0.25) is 0 Å². The normalized spacial score (nSPS) is 11.5. The maximum atomic E-state index is 12.5. The lowest BCUT2D eigenvalue weighted by atomic mass is 9.92. The smallest absolute Gasteiger partial charge is 0.343 e. The SMILES string of the molecule is CCc1oc(=O)c(Cc2c(O)c(C/C=C(\C)CCC=C(C)C)c(O)c(C(C)=O)c2O)c(O)c1C. The van der Waals surface area contributed by atoms with E-state index < -0.39 is 28.7 Å². The first-order valence-electron chi connectivity index (χ1n) is 11.3. The molecule has 1 aromatic heterocycles. The lowest BCUT2D eigenvalue weighted by Gasteiger charge is -2.17. The molecule has 34 heavy (non-hydrogen) atoms. The number of Topliss-reactive ketones (excluding diaryl/α,β-unsaturated/α-hetero) is 1. The molecule has 2 aromatic rings. The zero-order chi connectivity index (χ0) is 25.7. The highest BCUT2D eigenvalue weighted by molar-refractivity contribution is 6.01. The van der Waals surface area contributed by atoms with Crippen molar-refractivity contribution in [3.63, 3.8) is 0 Å². The maximum Gasteiger partial charge on any atom is 0.343 e. The number of hydrogen-bond acceptors (Lipinski definition) is 7. The van der Waals surface area contributed by atoms with Crippen LogP contribution >= 0.6 is 0 Å². The van der Waals surface area contributed by atoms with E-state index in [0.717, 1.165) is 18.4 Å². The Morgan fingerprint density at radius 3 is 2.06 bits per heavy atom. The number of benzene rings is 1. The third-order valence-electron chi connectivity index (χ3n) is 5.91. The van der Waals surface area contributed by atoms with Crippen molar-refractivity contribution in [1.29, 1.82) is 0 Å².